The van der Waals surface area contributed by atoms with E-state index >= 15 is 0 Å². The summed E-state index contributed by atoms with van der Waals surface area (Å²) in [5.41, 5.74) is -0.0707. The van der Waals surface area contributed by atoms with Crippen LogP contribution in [0.1, 0.15) is 49.2 Å². The van der Waals surface area contributed by atoms with Gasteiger partial charge in [-0.25, -0.2) is 27.3 Å². The van der Waals surface area contributed by atoms with Crippen LogP contribution < -0.4 is 10.5 Å². The fourth-order valence-corrected chi connectivity index (χ4v) is 4.78. The molecule has 8 nitrogen and oxygen atoms in total. The maximum atomic E-state index is 14.0. The Morgan fingerprint density at radius 3 is 2.50 bits per heavy atom. The van der Waals surface area contributed by atoms with Gasteiger partial charge in [-0.05, 0) is 69.4 Å². The fourth-order valence-electron chi connectivity index (χ4n) is 3.86. The van der Waals surface area contributed by atoms with E-state index in [1.807, 2.05) is 0 Å². The smallest absolute Gasteiger partial charge is 0.271 e. The van der Waals surface area contributed by atoms with Gasteiger partial charge in [0.25, 0.3) is 5.91 Å². The van der Waals surface area contributed by atoms with Crippen LogP contribution >= 0.6 is 0 Å². The summed E-state index contributed by atoms with van der Waals surface area (Å²) in [6, 6.07) is 11.6. The second kappa shape index (κ2) is 11.4. The molecule has 0 bridgehead atoms. The topological polar surface area (TPSA) is 135 Å². The van der Waals surface area contributed by atoms with Crippen LogP contribution in [0, 0.1) is 5.82 Å². The number of benzene rings is 2. The molecule has 0 aliphatic carbocycles. The van der Waals surface area contributed by atoms with Crippen molar-refractivity contribution in [1.29, 1.82) is 0 Å². The number of primary sulfonamides is 1. The number of halogens is 2. The average molecular weight is 521 g/mol. The lowest BCUT2D eigenvalue weighted by molar-refractivity contribution is 0.0801. The summed E-state index contributed by atoms with van der Waals surface area (Å²) < 4.78 is 52.1. The first-order valence-corrected chi connectivity index (χ1v) is 13.1. The number of alkyl halides is 1. The number of aliphatic hydroxyl groups is 1. The lowest BCUT2D eigenvalue weighted by atomic mass is 9.95. The van der Waals surface area contributed by atoms with E-state index in [9.17, 15) is 27.1 Å². The predicted octanol–water partition coefficient (Wildman–Crippen LogP) is 3.05. The number of amides is 1. The highest BCUT2D eigenvalue weighted by Gasteiger charge is 2.32. The van der Waals surface area contributed by atoms with Crippen molar-refractivity contribution in [2.45, 2.75) is 62.6 Å². The van der Waals surface area contributed by atoms with Crippen LogP contribution in [0.25, 0.3) is 11.0 Å². The van der Waals surface area contributed by atoms with Gasteiger partial charge in [-0.15, -0.1) is 0 Å². The normalized spacial score (nSPS) is 14.8. The van der Waals surface area contributed by atoms with Gasteiger partial charge in [0.1, 0.15) is 17.2 Å². The molecule has 194 valence electrons. The van der Waals surface area contributed by atoms with E-state index in [1.165, 1.54) is 38.2 Å². The Bertz CT molecular complexity index is 1310. The van der Waals surface area contributed by atoms with Crippen molar-refractivity contribution in [2.24, 2.45) is 5.14 Å². The van der Waals surface area contributed by atoms with Crippen LogP contribution in [0.2, 0.25) is 0 Å². The minimum atomic E-state index is -4.12. The van der Waals surface area contributed by atoms with E-state index in [1.54, 1.807) is 30.3 Å². The third-order valence-electron chi connectivity index (χ3n) is 5.84. The van der Waals surface area contributed by atoms with Crippen molar-refractivity contribution in [3.8, 4) is 0 Å². The zero-order valence-corrected chi connectivity index (χ0v) is 20.9. The minimum absolute atomic E-state index is 0.00236. The summed E-state index contributed by atoms with van der Waals surface area (Å²) in [5, 5.41) is 17.8. The number of aromatic nitrogens is 2. The molecule has 0 aliphatic rings. The SMILES string of the molecule is CC(C)(F)CC[C@@H](C[C@H](O)[C@H](Cc1cccc(F)c1)NC(=O)c1cnc2ccccc2n1)S(N)(=O)=O. The summed E-state index contributed by atoms with van der Waals surface area (Å²) in [7, 11) is -4.12. The first-order chi connectivity index (χ1) is 16.8. The highest BCUT2D eigenvalue weighted by atomic mass is 32.2. The number of para-hydroxylation sites is 2. The molecule has 36 heavy (non-hydrogen) atoms. The Balaban J connectivity index is 1.85. The Kier molecular flexibility index (Phi) is 8.70. The molecule has 4 N–H and O–H groups in total. The van der Waals surface area contributed by atoms with Gasteiger partial charge in [-0.3, -0.25) is 9.78 Å². The molecule has 1 heterocycles. The molecule has 0 saturated heterocycles. The Morgan fingerprint density at radius 2 is 1.86 bits per heavy atom. The first-order valence-electron chi connectivity index (χ1n) is 11.5. The van der Waals surface area contributed by atoms with Crippen molar-refractivity contribution in [2.75, 3.05) is 0 Å². The third kappa shape index (κ3) is 8.00. The summed E-state index contributed by atoms with van der Waals surface area (Å²) >= 11 is 0. The molecular weight excluding hydrogens is 490 g/mol. The molecule has 0 radical (unpaired) electrons. The number of rotatable bonds is 11. The van der Waals surface area contributed by atoms with Crippen LogP contribution in [0.3, 0.4) is 0 Å². The molecule has 0 spiro atoms. The molecular formula is C25H30F2N4O4S. The van der Waals surface area contributed by atoms with Crippen molar-refractivity contribution in [1.82, 2.24) is 15.3 Å². The molecule has 0 fully saturated rings. The predicted molar refractivity (Wildman–Crippen MR) is 133 cm³/mol. The monoisotopic (exact) mass is 520 g/mol. The molecule has 3 rings (SSSR count). The molecule has 1 aromatic heterocycles. The summed E-state index contributed by atoms with van der Waals surface area (Å²) in [6.45, 7) is 2.64. The van der Waals surface area contributed by atoms with Gasteiger partial charge in [0, 0.05) is 0 Å². The van der Waals surface area contributed by atoms with Gasteiger partial charge in [-0.2, -0.15) is 0 Å². The van der Waals surface area contributed by atoms with E-state index < -0.39 is 44.8 Å². The molecule has 3 aromatic rings. The van der Waals surface area contributed by atoms with Crippen LogP contribution in [-0.4, -0.2) is 52.5 Å². The van der Waals surface area contributed by atoms with Gasteiger partial charge in [0.2, 0.25) is 10.0 Å². The lowest BCUT2D eigenvalue weighted by Gasteiger charge is -2.28. The van der Waals surface area contributed by atoms with Crippen molar-refractivity contribution in [3.05, 3.63) is 71.8 Å². The van der Waals surface area contributed by atoms with Crippen LogP contribution in [0.15, 0.2) is 54.7 Å². The number of nitrogens with two attached hydrogens (primary N) is 1. The van der Waals surface area contributed by atoms with Gasteiger partial charge in [-0.1, -0.05) is 24.3 Å². The van der Waals surface area contributed by atoms with Crippen molar-refractivity contribution in [3.63, 3.8) is 0 Å². The minimum Gasteiger partial charge on any atom is -0.391 e. The molecule has 0 aliphatic heterocycles. The number of carbonyl (C=O) groups excluding carboxylic acids is 1. The number of nitrogens with zero attached hydrogens (tertiary/aromatic N) is 2. The maximum Gasteiger partial charge on any atom is 0.271 e. The average Bonchev–Trinajstić information content (AvgIpc) is 2.79. The summed E-state index contributed by atoms with van der Waals surface area (Å²) in [4.78, 5) is 21.5. The number of sulfonamides is 1. The number of nitrogens with one attached hydrogen (secondary N) is 1. The van der Waals surface area contributed by atoms with Gasteiger partial charge < -0.3 is 10.4 Å². The molecule has 2 aromatic carbocycles. The number of fused-ring (bicyclic) bond motifs is 1. The molecule has 0 unspecified atom stereocenters. The van der Waals surface area contributed by atoms with Gasteiger partial charge in [0.15, 0.2) is 0 Å². The van der Waals surface area contributed by atoms with E-state index in [0.717, 1.165) is 0 Å². The molecule has 0 saturated carbocycles. The van der Waals surface area contributed by atoms with Crippen molar-refractivity contribution < 1.29 is 27.1 Å². The Labute approximate surface area is 209 Å². The number of hydrogen-bond acceptors (Lipinski definition) is 6. The molecule has 11 heteroatoms. The van der Waals surface area contributed by atoms with Crippen molar-refractivity contribution >= 4 is 27.0 Å². The standard InChI is InChI=1S/C25H30F2N4O4S/c1-25(2,27)11-10-18(36(28,34)35)14-23(32)21(13-16-6-5-7-17(26)12-16)31-24(33)22-15-29-19-8-3-4-9-20(19)30-22/h3-9,12,15,18,21,23,32H,10-11,13-14H2,1-2H3,(H,31,33)(H2,28,34,35)/t18-,21-,23-/m0/s1. The zero-order valence-electron chi connectivity index (χ0n) is 20.1. The van der Waals surface area contributed by atoms with Crippen LogP contribution in [0.5, 0.6) is 0 Å². The summed E-state index contributed by atoms with van der Waals surface area (Å²) in [6.07, 6.45) is -0.655. The quantitative estimate of drug-likeness (QED) is 0.356. The van der Waals surface area contributed by atoms with Crippen LogP contribution in [-0.2, 0) is 16.4 Å². The van der Waals surface area contributed by atoms with Gasteiger partial charge in [0.05, 0.1) is 34.6 Å². The third-order valence-corrected chi connectivity index (χ3v) is 7.19. The maximum absolute atomic E-state index is 14.0. The Morgan fingerprint density at radius 1 is 1.17 bits per heavy atom. The first kappa shape index (κ1) is 27.6. The summed E-state index contributed by atoms with van der Waals surface area (Å²) in [5.74, 6) is -1.15. The van der Waals surface area contributed by atoms with E-state index in [2.05, 4.69) is 15.3 Å². The van der Waals surface area contributed by atoms with Gasteiger partial charge >= 0.3 is 0 Å². The molecule has 3 atom stereocenters. The Hall–Kier alpha value is -3.02. The number of carbonyl (C=O) groups is 1. The lowest BCUT2D eigenvalue weighted by Crippen LogP contribution is -2.47. The van der Waals surface area contributed by atoms with Crippen LogP contribution in [0.4, 0.5) is 8.78 Å². The largest absolute Gasteiger partial charge is 0.391 e. The highest BCUT2D eigenvalue weighted by molar-refractivity contribution is 7.89. The number of aliphatic hydroxyl groups excluding tert-OH is 1. The highest BCUT2D eigenvalue weighted by Crippen LogP contribution is 2.23. The molecule has 1 amide bonds. The van der Waals surface area contributed by atoms with E-state index in [0.29, 0.717) is 16.6 Å². The van der Waals surface area contributed by atoms with E-state index in [-0.39, 0.29) is 31.4 Å². The fraction of sp³-hybridized carbons (Fsp3) is 0.400. The zero-order chi connectivity index (χ0) is 26.5. The second-order valence-electron chi connectivity index (χ2n) is 9.43. The van der Waals surface area contributed by atoms with E-state index in [4.69, 9.17) is 5.14 Å². The number of hydrogen-bond donors (Lipinski definition) is 3. The second-order valence-corrected chi connectivity index (χ2v) is 11.3.